The number of anilines is 2. The Bertz CT molecular complexity index is 554. The van der Waals surface area contributed by atoms with Crippen molar-refractivity contribution in [2.45, 2.75) is 19.9 Å². The van der Waals surface area contributed by atoms with Crippen LogP contribution in [0.3, 0.4) is 0 Å². The fraction of sp³-hybridized carbons (Fsp3) is 0.353. The number of rotatable bonds is 7. The van der Waals surface area contributed by atoms with Gasteiger partial charge in [0.05, 0.1) is 7.11 Å². The lowest BCUT2D eigenvalue weighted by Crippen LogP contribution is -2.15. The Kier molecular flexibility index (Phi) is 5.58. The van der Waals surface area contributed by atoms with Crippen molar-refractivity contribution in [3.63, 3.8) is 0 Å². The van der Waals surface area contributed by atoms with Crippen LogP contribution in [0.5, 0.6) is 5.75 Å². The van der Waals surface area contributed by atoms with Crippen LogP contribution in [0.15, 0.2) is 42.6 Å². The zero-order valence-electron chi connectivity index (χ0n) is 13.0. The van der Waals surface area contributed by atoms with E-state index in [4.69, 9.17) is 4.74 Å². The molecule has 0 atom stereocenters. The van der Waals surface area contributed by atoms with Gasteiger partial charge in [0.15, 0.2) is 0 Å². The number of hydrogen-bond acceptors (Lipinski definition) is 4. The molecule has 0 spiro atoms. The second-order valence-corrected chi connectivity index (χ2v) is 4.96. The van der Waals surface area contributed by atoms with Crippen molar-refractivity contribution in [1.82, 2.24) is 10.3 Å². The van der Waals surface area contributed by atoms with Gasteiger partial charge in [-0.25, -0.2) is 4.98 Å². The third-order valence-corrected chi connectivity index (χ3v) is 3.35. The molecule has 0 fully saturated rings. The van der Waals surface area contributed by atoms with Gasteiger partial charge in [-0.2, -0.15) is 0 Å². The quantitative estimate of drug-likeness (QED) is 0.792. The lowest BCUT2D eigenvalue weighted by atomic mass is 10.2. The number of nitrogens with one attached hydrogen (secondary N) is 1. The zero-order valence-corrected chi connectivity index (χ0v) is 13.0. The summed E-state index contributed by atoms with van der Waals surface area (Å²) in [6.07, 6.45) is 3.07. The van der Waals surface area contributed by atoms with Gasteiger partial charge < -0.3 is 15.0 Å². The molecule has 1 aromatic heterocycles. The maximum Gasteiger partial charge on any atom is 0.132 e. The molecule has 112 valence electrons. The lowest BCUT2D eigenvalue weighted by Gasteiger charge is -2.19. The fourth-order valence-corrected chi connectivity index (χ4v) is 2.08. The summed E-state index contributed by atoms with van der Waals surface area (Å²) in [4.78, 5) is 6.58. The van der Waals surface area contributed by atoms with E-state index in [9.17, 15) is 0 Å². The van der Waals surface area contributed by atoms with E-state index < -0.39 is 0 Å². The molecule has 21 heavy (non-hydrogen) atoms. The van der Waals surface area contributed by atoms with E-state index in [1.165, 1.54) is 5.56 Å². The summed E-state index contributed by atoms with van der Waals surface area (Å²) in [5.41, 5.74) is 2.25. The van der Waals surface area contributed by atoms with E-state index in [0.717, 1.165) is 36.8 Å². The van der Waals surface area contributed by atoms with Crippen molar-refractivity contribution in [3.05, 3.63) is 48.2 Å². The van der Waals surface area contributed by atoms with Gasteiger partial charge in [0, 0.05) is 31.5 Å². The molecule has 2 aromatic rings. The minimum atomic E-state index is 0.847. The van der Waals surface area contributed by atoms with Crippen LogP contribution >= 0.6 is 0 Å². The number of hydrogen-bond donors (Lipinski definition) is 1. The van der Waals surface area contributed by atoms with Gasteiger partial charge in [0.25, 0.3) is 0 Å². The molecule has 2 rings (SSSR count). The van der Waals surface area contributed by atoms with E-state index in [1.807, 2.05) is 48.5 Å². The largest absolute Gasteiger partial charge is 0.497 e. The van der Waals surface area contributed by atoms with Crippen molar-refractivity contribution >= 4 is 11.5 Å². The van der Waals surface area contributed by atoms with Gasteiger partial charge in [0.2, 0.25) is 0 Å². The van der Waals surface area contributed by atoms with Crippen LogP contribution in [-0.4, -0.2) is 25.7 Å². The predicted octanol–water partition coefficient (Wildman–Crippen LogP) is 3.36. The smallest absolute Gasteiger partial charge is 0.132 e. The Balaban J connectivity index is 2.06. The number of nitrogens with zero attached hydrogens (tertiary/aromatic N) is 2. The molecule has 4 nitrogen and oxygen atoms in total. The van der Waals surface area contributed by atoms with Gasteiger partial charge in [-0.3, -0.25) is 0 Å². The highest BCUT2D eigenvalue weighted by molar-refractivity contribution is 5.60. The molecule has 0 aliphatic heterocycles. The van der Waals surface area contributed by atoms with Crippen LogP contribution in [-0.2, 0) is 6.54 Å². The molecule has 0 radical (unpaired) electrons. The summed E-state index contributed by atoms with van der Waals surface area (Å²) in [6.45, 7) is 4.06. The molecular formula is C17H23N3O. The SMILES string of the molecule is CCCNCc1ccc(N(C)c2cccc(OC)c2)nc1. The summed E-state index contributed by atoms with van der Waals surface area (Å²) in [7, 11) is 3.68. The van der Waals surface area contributed by atoms with E-state index >= 15 is 0 Å². The first kappa shape index (κ1) is 15.3. The number of benzene rings is 1. The third-order valence-electron chi connectivity index (χ3n) is 3.35. The van der Waals surface area contributed by atoms with Crippen molar-refractivity contribution in [3.8, 4) is 5.75 Å². The molecule has 0 unspecified atom stereocenters. The highest BCUT2D eigenvalue weighted by Crippen LogP contribution is 2.25. The van der Waals surface area contributed by atoms with Gasteiger partial charge >= 0.3 is 0 Å². The molecule has 1 N–H and O–H groups in total. The van der Waals surface area contributed by atoms with Gasteiger partial charge in [-0.05, 0) is 36.7 Å². The summed E-state index contributed by atoms with van der Waals surface area (Å²) in [6, 6.07) is 12.1. The molecule has 4 heteroatoms. The number of aromatic nitrogens is 1. The van der Waals surface area contributed by atoms with Crippen LogP contribution in [0.2, 0.25) is 0 Å². The van der Waals surface area contributed by atoms with Gasteiger partial charge in [0.1, 0.15) is 11.6 Å². The Hall–Kier alpha value is -2.07. The second-order valence-electron chi connectivity index (χ2n) is 4.96. The number of methoxy groups -OCH3 is 1. The van der Waals surface area contributed by atoms with Crippen molar-refractivity contribution in [2.24, 2.45) is 0 Å². The maximum absolute atomic E-state index is 5.26. The normalized spacial score (nSPS) is 10.4. The molecule has 0 aliphatic rings. The van der Waals surface area contributed by atoms with E-state index in [-0.39, 0.29) is 0 Å². The van der Waals surface area contributed by atoms with Crippen LogP contribution < -0.4 is 15.0 Å². The minimum Gasteiger partial charge on any atom is -0.497 e. The molecule has 0 bridgehead atoms. The average molecular weight is 285 g/mol. The number of ether oxygens (including phenoxy) is 1. The Labute approximate surface area is 126 Å². The Morgan fingerprint density at radius 2 is 2.10 bits per heavy atom. The van der Waals surface area contributed by atoms with Crippen molar-refractivity contribution < 1.29 is 4.74 Å². The Morgan fingerprint density at radius 3 is 2.76 bits per heavy atom. The maximum atomic E-state index is 5.26. The van der Waals surface area contributed by atoms with Crippen LogP contribution in [0, 0.1) is 0 Å². The third kappa shape index (κ3) is 4.20. The minimum absolute atomic E-state index is 0.847. The van der Waals surface area contributed by atoms with E-state index in [2.05, 4.69) is 23.3 Å². The number of pyridine rings is 1. The predicted molar refractivity (Wildman–Crippen MR) is 87.3 cm³/mol. The molecule has 1 heterocycles. The standard InChI is InChI=1S/C17H23N3O/c1-4-10-18-12-14-8-9-17(19-13-14)20(2)15-6-5-7-16(11-15)21-3/h5-9,11,13,18H,4,10,12H2,1-3H3. The summed E-state index contributed by atoms with van der Waals surface area (Å²) in [5, 5.41) is 3.38. The monoisotopic (exact) mass is 285 g/mol. The molecule has 0 saturated carbocycles. The second kappa shape index (κ2) is 7.64. The molecule has 0 saturated heterocycles. The summed E-state index contributed by atoms with van der Waals surface area (Å²) in [5.74, 6) is 1.77. The highest BCUT2D eigenvalue weighted by atomic mass is 16.5. The van der Waals surface area contributed by atoms with Gasteiger partial charge in [-0.1, -0.05) is 19.1 Å². The first-order valence-electron chi connectivity index (χ1n) is 7.28. The summed E-state index contributed by atoms with van der Waals surface area (Å²) < 4.78 is 5.26. The van der Waals surface area contributed by atoms with E-state index in [1.54, 1.807) is 7.11 Å². The van der Waals surface area contributed by atoms with Crippen LogP contribution in [0.1, 0.15) is 18.9 Å². The molecule has 0 amide bonds. The molecule has 0 aliphatic carbocycles. The molecule has 1 aromatic carbocycles. The van der Waals surface area contributed by atoms with Gasteiger partial charge in [-0.15, -0.1) is 0 Å². The Morgan fingerprint density at radius 1 is 1.24 bits per heavy atom. The first-order chi connectivity index (χ1) is 10.2. The van der Waals surface area contributed by atoms with E-state index in [0.29, 0.717) is 0 Å². The average Bonchev–Trinajstić information content (AvgIpc) is 2.55. The highest BCUT2D eigenvalue weighted by Gasteiger charge is 2.06. The lowest BCUT2D eigenvalue weighted by molar-refractivity contribution is 0.415. The first-order valence-corrected chi connectivity index (χ1v) is 7.28. The summed E-state index contributed by atoms with van der Waals surface area (Å²) >= 11 is 0. The zero-order chi connectivity index (χ0) is 15.1. The molecular weight excluding hydrogens is 262 g/mol. The van der Waals surface area contributed by atoms with Crippen molar-refractivity contribution in [1.29, 1.82) is 0 Å². The van der Waals surface area contributed by atoms with Crippen LogP contribution in [0.25, 0.3) is 0 Å². The van der Waals surface area contributed by atoms with Crippen molar-refractivity contribution in [2.75, 3.05) is 25.6 Å². The fourth-order valence-electron chi connectivity index (χ4n) is 2.08. The van der Waals surface area contributed by atoms with Crippen LogP contribution in [0.4, 0.5) is 11.5 Å². The topological polar surface area (TPSA) is 37.4 Å².